The number of rotatable bonds is 8. The summed E-state index contributed by atoms with van der Waals surface area (Å²) >= 11 is 1.22. The van der Waals surface area contributed by atoms with E-state index < -0.39 is 9.84 Å². The van der Waals surface area contributed by atoms with E-state index >= 15 is 0 Å². The summed E-state index contributed by atoms with van der Waals surface area (Å²) in [5.41, 5.74) is 1.29. The Morgan fingerprint density at radius 3 is 2.77 bits per heavy atom. The lowest BCUT2D eigenvalue weighted by molar-refractivity contribution is -0.118. The zero-order chi connectivity index (χ0) is 21.8. The summed E-state index contributed by atoms with van der Waals surface area (Å²) in [4.78, 5) is 19.1. The van der Waals surface area contributed by atoms with E-state index in [0.717, 1.165) is 12.8 Å². The van der Waals surface area contributed by atoms with Gasteiger partial charge < -0.3 is 4.74 Å². The summed E-state index contributed by atoms with van der Waals surface area (Å²) in [6.07, 6.45) is 1.49. The van der Waals surface area contributed by atoms with Crippen LogP contribution < -0.4 is 4.90 Å². The summed E-state index contributed by atoms with van der Waals surface area (Å²) < 4.78 is 45.0. The van der Waals surface area contributed by atoms with Gasteiger partial charge in [-0.25, -0.2) is 17.8 Å². The number of nitrogens with zero attached hydrogens (tertiary/aromatic N) is 2. The molecule has 0 aliphatic carbocycles. The van der Waals surface area contributed by atoms with Gasteiger partial charge in [-0.05, 0) is 36.6 Å². The minimum Gasteiger partial charge on any atom is -0.376 e. The molecule has 0 radical (unpaired) electrons. The van der Waals surface area contributed by atoms with E-state index in [2.05, 4.69) is 4.98 Å². The Bertz CT molecular complexity index is 1160. The third kappa shape index (κ3) is 5.66. The van der Waals surface area contributed by atoms with Crippen molar-refractivity contribution >= 4 is 42.4 Å². The van der Waals surface area contributed by atoms with Gasteiger partial charge in [0, 0.05) is 13.0 Å². The summed E-state index contributed by atoms with van der Waals surface area (Å²) in [5, 5.41) is 0.432. The molecule has 9 heteroatoms. The average molecular weight is 463 g/mol. The molecule has 1 aromatic heterocycles. The fraction of sp³-hybridized carbons (Fsp3) is 0.364. The molecule has 2 heterocycles. The molecular formula is C22H23FN2O4S2. The molecule has 0 bridgehead atoms. The molecule has 1 aliphatic heterocycles. The van der Waals surface area contributed by atoms with Crippen molar-refractivity contribution in [2.24, 2.45) is 0 Å². The van der Waals surface area contributed by atoms with Crippen molar-refractivity contribution in [3.63, 3.8) is 0 Å². The van der Waals surface area contributed by atoms with Crippen LogP contribution in [0.2, 0.25) is 0 Å². The molecule has 1 fully saturated rings. The Kier molecular flexibility index (Phi) is 6.64. The van der Waals surface area contributed by atoms with E-state index in [9.17, 15) is 17.6 Å². The maximum Gasteiger partial charge on any atom is 0.229 e. The number of benzene rings is 2. The summed E-state index contributed by atoms with van der Waals surface area (Å²) in [6, 6.07) is 13.2. The molecule has 4 rings (SSSR count). The fourth-order valence-electron chi connectivity index (χ4n) is 3.56. The van der Waals surface area contributed by atoms with Gasteiger partial charge in [-0.3, -0.25) is 9.69 Å². The Labute approximate surface area is 184 Å². The van der Waals surface area contributed by atoms with E-state index in [1.165, 1.54) is 28.4 Å². The lowest BCUT2D eigenvalue weighted by Crippen LogP contribution is -2.38. The highest BCUT2D eigenvalue weighted by molar-refractivity contribution is 7.90. The first kappa shape index (κ1) is 21.9. The number of carbonyl (C=O) groups excluding carboxylic acids is 1. The van der Waals surface area contributed by atoms with Crippen molar-refractivity contribution < 1.29 is 22.3 Å². The monoisotopic (exact) mass is 462 g/mol. The quantitative estimate of drug-likeness (QED) is 0.507. The minimum absolute atomic E-state index is 0.104. The topological polar surface area (TPSA) is 76.6 Å². The van der Waals surface area contributed by atoms with Crippen LogP contribution >= 0.6 is 11.3 Å². The molecule has 0 saturated carbocycles. The van der Waals surface area contributed by atoms with Crippen molar-refractivity contribution in [1.29, 1.82) is 0 Å². The predicted molar refractivity (Wildman–Crippen MR) is 119 cm³/mol. The van der Waals surface area contributed by atoms with Gasteiger partial charge in [-0.1, -0.05) is 41.7 Å². The Hall–Kier alpha value is -2.36. The third-order valence-electron chi connectivity index (χ3n) is 5.14. The van der Waals surface area contributed by atoms with Crippen LogP contribution in [0.1, 0.15) is 24.8 Å². The molecule has 0 N–H and O–H groups in total. The minimum atomic E-state index is -3.45. The molecule has 1 atom stereocenters. The lowest BCUT2D eigenvalue weighted by Gasteiger charge is -2.23. The van der Waals surface area contributed by atoms with Crippen molar-refractivity contribution in [2.45, 2.75) is 31.1 Å². The first-order chi connectivity index (χ1) is 14.9. The average Bonchev–Trinajstić information content (AvgIpc) is 3.40. The number of ether oxygens (including phenoxy) is 1. The highest BCUT2D eigenvalue weighted by Crippen LogP contribution is 2.31. The van der Waals surface area contributed by atoms with Gasteiger partial charge in [0.1, 0.15) is 5.82 Å². The van der Waals surface area contributed by atoms with Gasteiger partial charge in [-0.2, -0.15) is 0 Å². The van der Waals surface area contributed by atoms with Gasteiger partial charge >= 0.3 is 0 Å². The van der Waals surface area contributed by atoms with Crippen LogP contribution in [0.15, 0.2) is 48.5 Å². The van der Waals surface area contributed by atoms with Crippen LogP contribution in [-0.4, -0.2) is 44.3 Å². The van der Waals surface area contributed by atoms with Crippen molar-refractivity contribution in [3.8, 4) is 0 Å². The number of amides is 1. The van der Waals surface area contributed by atoms with Crippen molar-refractivity contribution in [2.75, 3.05) is 23.8 Å². The number of sulfone groups is 1. The van der Waals surface area contributed by atoms with Crippen LogP contribution in [0, 0.1) is 5.82 Å². The molecule has 1 amide bonds. The molecule has 1 saturated heterocycles. The summed E-state index contributed by atoms with van der Waals surface area (Å²) in [5.74, 6) is -1.05. The largest absolute Gasteiger partial charge is 0.376 e. The van der Waals surface area contributed by atoms with E-state index in [1.807, 2.05) is 6.07 Å². The van der Waals surface area contributed by atoms with E-state index in [0.29, 0.717) is 34.1 Å². The lowest BCUT2D eigenvalue weighted by atomic mass is 10.2. The molecule has 0 spiro atoms. The van der Waals surface area contributed by atoms with Gasteiger partial charge in [0.05, 0.1) is 34.4 Å². The van der Waals surface area contributed by atoms with Crippen LogP contribution in [0.3, 0.4) is 0 Å². The number of hydrogen-bond donors (Lipinski definition) is 0. The van der Waals surface area contributed by atoms with Crippen LogP contribution in [-0.2, 0) is 25.1 Å². The van der Waals surface area contributed by atoms with Crippen LogP contribution in [0.4, 0.5) is 9.52 Å². The number of anilines is 1. The van der Waals surface area contributed by atoms with E-state index in [1.54, 1.807) is 30.3 Å². The second-order valence-electron chi connectivity index (χ2n) is 7.58. The van der Waals surface area contributed by atoms with Gasteiger partial charge in [-0.15, -0.1) is 0 Å². The number of aromatic nitrogens is 1. The first-order valence-corrected chi connectivity index (χ1v) is 12.8. The molecule has 31 heavy (non-hydrogen) atoms. The number of thiazole rings is 1. The fourth-order valence-corrected chi connectivity index (χ4v) is 5.91. The molecule has 1 aliphatic rings. The first-order valence-electron chi connectivity index (χ1n) is 10.1. The molecule has 2 aromatic carbocycles. The van der Waals surface area contributed by atoms with Crippen LogP contribution in [0.25, 0.3) is 10.2 Å². The standard InChI is InChI=1S/C22H23FN2O4S2/c23-17-8-9-19-20(13-17)30-22(24-19)25(14-18-7-4-11-29-18)21(26)10-12-31(27,28)15-16-5-2-1-3-6-16/h1-3,5-6,8-9,13,18H,4,7,10-12,14-15H2. The molecule has 6 nitrogen and oxygen atoms in total. The number of hydrogen-bond acceptors (Lipinski definition) is 6. The zero-order valence-corrected chi connectivity index (χ0v) is 18.5. The predicted octanol–water partition coefficient (Wildman–Crippen LogP) is 3.95. The Balaban J connectivity index is 1.50. The van der Waals surface area contributed by atoms with E-state index in [-0.39, 0.29) is 35.8 Å². The van der Waals surface area contributed by atoms with E-state index in [4.69, 9.17) is 4.74 Å². The highest BCUT2D eigenvalue weighted by atomic mass is 32.2. The third-order valence-corrected chi connectivity index (χ3v) is 7.78. The summed E-state index contributed by atoms with van der Waals surface area (Å²) in [6.45, 7) is 0.947. The Morgan fingerprint density at radius 1 is 1.23 bits per heavy atom. The van der Waals surface area contributed by atoms with Crippen LogP contribution in [0.5, 0.6) is 0 Å². The van der Waals surface area contributed by atoms with Crippen molar-refractivity contribution in [1.82, 2.24) is 4.98 Å². The van der Waals surface area contributed by atoms with Gasteiger partial charge in [0.25, 0.3) is 0 Å². The SMILES string of the molecule is O=C(CCS(=O)(=O)Cc1ccccc1)N(CC1CCCO1)c1nc2ccc(F)cc2s1. The molecule has 1 unspecified atom stereocenters. The second-order valence-corrected chi connectivity index (χ2v) is 10.8. The zero-order valence-electron chi connectivity index (χ0n) is 16.9. The maximum absolute atomic E-state index is 13.6. The molecule has 3 aromatic rings. The highest BCUT2D eigenvalue weighted by Gasteiger charge is 2.27. The maximum atomic E-state index is 13.6. The number of fused-ring (bicyclic) bond motifs is 1. The number of halogens is 1. The second kappa shape index (κ2) is 9.42. The Morgan fingerprint density at radius 2 is 2.03 bits per heavy atom. The summed E-state index contributed by atoms with van der Waals surface area (Å²) in [7, 11) is -3.45. The molecular weight excluding hydrogens is 439 g/mol. The smallest absolute Gasteiger partial charge is 0.229 e. The molecule has 164 valence electrons. The van der Waals surface area contributed by atoms with Gasteiger partial charge in [0.2, 0.25) is 5.91 Å². The van der Waals surface area contributed by atoms with Gasteiger partial charge in [0.15, 0.2) is 15.0 Å². The van der Waals surface area contributed by atoms with Crippen molar-refractivity contribution in [3.05, 3.63) is 59.9 Å². The number of carbonyl (C=O) groups is 1. The normalized spacial score (nSPS) is 16.6.